The van der Waals surface area contributed by atoms with E-state index in [1.54, 1.807) is 0 Å². The molecule has 1 aromatic heterocycles. The molecule has 1 aliphatic heterocycles. The van der Waals surface area contributed by atoms with Crippen molar-refractivity contribution < 1.29 is 0 Å². The summed E-state index contributed by atoms with van der Waals surface area (Å²) in [6, 6.07) is 0. The highest BCUT2D eigenvalue weighted by Crippen LogP contribution is 2.42. The summed E-state index contributed by atoms with van der Waals surface area (Å²) in [6.45, 7) is 10.9. The molecule has 0 spiro atoms. The second-order valence-corrected chi connectivity index (χ2v) is 7.98. The monoisotopic (exact) mass is 289 g/mol. The van der Waals surface area contributed by atoms with Gasteiger partial charge in [-0.05, 0) is 50.0 Å². The SMILES string of the molecule is CCCc1cnn(C2(C)CCN(CC3(C)CCC3)CC2)c1. The third-order valence-electron chi connectivity index (χ3n) is 5.83. The summed E-state index contributed by atoms with van der Waals surface area (Å²) in [7, 11) is 0. The van der Waals surface area contributed by atoms with Crippen molar-refractivity contribution in [3.05, 3.63) is 18.0 Å². The van der Waals surface area contributed by atoms with Gasteiger partial charge in [0.1, 0.15) is 0 Å². The summed E-state index contributed by atoms with van der Waals surface area (Å²) in [5.41, 5.74) is 2.24. The third-order valence-corrected chi connectivity index (χ3v) is 5.83. The predicted molar refractivity (Wildman–Crippen MR) is 87.5 cm³/mol. The number of piperidine rings is 1. The lowest BCUT2D eigenvalue weighted by Gasteiger charge is -2.46. The van der Waals surface area contributed by atoms with E-state index in [-0.39, 0.29) is 5.54 Å². The Hall–Kier alpha value is -0.830. The van der Waals surface area contributed by atoms with E-state index in [0.717, 1.165) is 6.42 Å². The van der Waals surface area contributed by atoms with E-state index in [0.29, 0.717) is 5.41 Å². The molecule has 2 aliphatic rings. The van der Waals surface area contributed by atoms with Crippen LogP contribution >= 0.6 is 0 Å². The zero-order valence-corrected chi connectivity index (χ0v) is 14.1. The number of hydrogen-bond acceptors (Lipinski definition) is 2. The van der Waals surface area contributed by atoms with Crippen LogP contribution in [0.2, 0.25) is 0 Å². The molecule has 1 saturated heterocycles. The van der Waals surface area contributed by atoms with Gasteiger partial charge in [-0.2, -0.15) is 5.10 Å². The first-order valence-electron chi connectivity index (χ1n) is 8.79. The zero-order chi connectivity index (χ0) is 14.9. The highest BCUT2D eigenvalue weighted by molar-refractivity contribution is 5.06. The van der Waals surface area contributed by atoms with Gasteiger partial charge in [-0.1, -0.05) is 26.7 Å². The van der Waals surface area contributed by atoms with Crippen LogP contribution in [0.25, 0.3) is 0 Å². The maximum absolute atomic E-state index is 4.66. The Morgan fingerprint density at radius 3 is 2.43 bits per heavy atom. The van der Waals surface area contributed by atoms with Crippen molar-refractivity contribution >= 4 is 0 Å². The molecule has 3 rings (SSSR count). The maximum atomic E-state index is 4.66. The molecular weight excluding hydrogens is 258 g/mol. The Labute approximate surface area is 129 Å². The Bertz CT molecular complexity index is 465. The minimum atomic E-state index is 0.225. The van der Waals surface area contributed by atoms with Crippen LogP contribution < -0.4 is 0 Å². The normalized spacial score (nSPS) is 24.7. The Balaban J connectivity index is 1.57. The smallest absolute Gasteiger partial charge is 0.0624 e. The molecular formula is C18H31N3. The molecule has 3 heteroatoms. The van der Waals surface area contributed by atoms with Crippen molar-refractivity contribution in [2.24, 2.45) is 5.41 Å². The maximum Gasteiger partial charge on any atom is 0.0624 e. The van der Waals surface area contributed by atoms with Crippen LogP contribution in [0.4, 0.5) is 0 Å². The predicted octanol–water partition coefficient (Wildman–Crippen LogP) is 3.84. The van der Waals surface area contributed by atoms with Crippen molar-refractivity contribution in [1.82, 2.24) is 14.7 Å². The lowest BCUT2D eigenvalue weighted by molar-refractivity contribution is 0.0427. The summed E-state index contributed by atoms with van der Waals surface area (Å²) in [5, 5.41) is 4.66. The summed E-state index contributed by atoms with van der Waals surface area (Å²) >= 11 is 0. The molecule has 0 unspecified atom stereocenters. The number of aromatic nitrogens is 2. The van der Waals surface area contributed by atoms with E-state index < -0.39 is 0 Å². The van der Waals surface area contributed by atoms with Gasteiger partial charge >= 0.3 is 0 Å². The molecule has 0 bridgehead atoms. The first-order chi connectivity index (χ1) is 10.0. The molecule has 2 fully saturated rings. The van der Waals surface area contributed by atoms with Crippen LogP contribution in [0.15, 0.2) is 12.4 Å². The van der Waals surface area contributed by atoms with Crippen LogP contribution in [0.1, 0.15) is 64.9 Å². The Morgan fingerprint density at radius 1 is 1.14 bits per heavy atom. The second kappa shape index (κ2) is 5.75. The first-order valence-corrected chi connectivity index (χ1v) is 8.79. The fraction of sp³-hybridized carbons (Fsp3) is 0.833. The number of rotatable bonds is 5. The van der Waals surface area contributed by atoms with Crippen molar-refractivity contribution in [3.8, 4) is 0 Å². The molecule has 1 aliphatic carbocycles. The topological polar surface area (TPSA) is 21.1 Å². The summed E-state index contributed by atoms with van der Waals surface area (Å²) < 4.78 is 2.25. The highest BCUT2D eigenvalue weighted by atomic mass is 15.3. The molecule has 0 aromatic carbocycles. The molecule has 3 nitrogen and oxygen atoms in total. The molecule has 0 atom stereocenters. The van der Waals surface area contributed by atoms with Crippen LogP contribution in [-0.4, -0.2) is 34.3 Å². The van der Waals surface area contributed by atoms with Crippen molar-refractivity contribution in [1.29, 1.82) is 0 Å². The Morgan fingerprint density at radius 2 is 1.86 bits per heavy atom. The van der Waals surface area contributed by atoms with Gasteiger partial charge in [0, 0.05) is 25.8 Å². The van der Waals surface area contributed by atoms with E-state index >= 15 is 0 Å². The minimum absolute atomic E-state index is 0.225. The fourth-order valence-electron chi connectivity index (χ4n) is 3.97. The number of aryl methyl sites for hydroxylation is 1. The average Bonchev–Trinajstić information content (AvgIpc) is 2.90. The molecule has 21 heavy (non-hydrogen) atoms. The van der Waals surface area contributed by atoms with Gasteiger partial charge in [0.2, 0.25) is 0 Å². The van der Waals surface area contributed by atoms with E-state index in [1.165, 1.54) is 63.7 Å². The molecule has 2 heterocycles. The number of hydrogen-bond donors (Lipinski definition) is 0. The van der Waals surface area contributed by atoms with Crippen molar-refractivity contribution in [3.63, 3.8) is 0 Å². The van der Waals surface area contributed by atoms with Gasteiger partial charge in [0.05, 0.1) is 11.7 Å². The molecule has 1 aromatic rings. The van der Waals surface area contributed by atoms with Crippen LogP contribution in [0.5, 0.6) is 0 Å². The van der Waals surface area contributed by atoms with Crippen molar-refractivity contribution in [2.75, 3.05) is 19.6 Å². The van der Waals surface area contributed by atoms with Gasteiger partial charge in [-0.25, -0.2) is 0 Å². The lowest BCUT2D eigenvalue weighted by Crippen LogP contribution is -2.48. The lowest BCUT2D eigenvalue weighted by atomic mass is 9.70. The third kappa shape index (κ3) is 3.18. The van der Waals surface area contributed by atoms with Gasteiger partial charge in [0.15, 0.2) is 0 Å². The summed E-state index contributed by atoms with van der Waals surface area (Å²) in [6.07, 6.45) is 13.5. The van der Waals surface area contributed by atoms with Gasteiger partial charge in [-0.15, -0.1) is 0 Å². The number of likely N-dealkylation sites (tertiary alicyclic amines) is 1. The summed E-state index contributed by atoms with van der Waals surface area (Å²) in [4.78, 5) is 2.69. The summed E-state index contributed by atoms with van der Waals surface area (Å²) in [5.74, 6) is 0. The average molecular weight is 289 g/mol. The Kier molecular flexibility index (Phi) is 4.13. The first kappa shape index (κ1) is 15.1. The molecule has 1 saturated carbocycles. The fourth-order valence-corrected chi connectivity index (χ4v) is 3.97. The van der Waals surface area contributed by atoms with Crippen molar-refractivity contribution in [2.45, 2.75) is 71.3 Å². The highest BCUT2D eigenvalue weighted by Gasteiger charge is 2.37. The van der Waals surface area contributed by atoms with Crippen LogP contribution in [0.3, 0.4) is 0 Å². The number of nitrogens with zero attached hydrogens (tertiary/aromatic N) is 3. The van der Waals surface area contributed by atoms with E-state index in [1.807, 2.05) is 0 Å². The molecule has 0 amide bonds. The van der Waals surface area contributed by atoms with Crippen LogP contribution in [-0.2, 0) is 12.0 Å². The molecule has 0 radical (unpaired) electrons. The molecule has 118 valence electrons. The van der Waals surface area contributed by atoms with Crippen LogP contribution in [0, 0.1) is 5.41 Å². The standard InChI is InChI=1S/C18H31N3/c1-4-6-16-13-19-21(14-16)18(3)9-11-20(12-10-18)15-17(2)7-5-8-17/h13-14H,4-12,15H2,1-3H3. The molecule has 0 N–H and O–H groups in total. The zero-order valence-electron chi connectivity index (χ0n) is 14.1. The van der Waals surface area contributed by atoms with Gasteiger partial charge in [-0.3, -0.25) is 4.68 Å². The van der Waals surface area contributed by atoms with E-state index in [4.69, 9.17) is 0 Å². The minimum Gasteiger partial charge on any atom is -0.303 e. The quantitative estimate of drug-likeness (QED) is 0.821. The van der Waals surface area contributed by atoms with E-state index in [2.05, 4.69) is 47.8 Å². The largest absolute Gasteiger partial charge is 0.303 e. The van der Waals surface area contributed by atoms with E-state index in [9.17, 15) is 0 Å². The van der Waals surface area contributed by atoms with Gasteiger partial charge in [0.25, 0.3) is 0 Å². The van der Waals surface area contributed by atoms with Gasteiger partial charge < -0.3 is 4.90 Å². The second-order valence-electron chi connectivity index (χ2n) is 7.98.